The van der Waals surface area contributed by atoms with Crippen molar-refractivity contribution < 1.29 is 49.0 Å². The Labute approximate surface area is 240 Å². The van der Waals surface area contributed by atoms with Crippen LogP contribution in [0.5, 0.6) is 0 Å². The van der Waals surface area contributed by atoms with Crippen LogP contribution in [0.3, 0.4) is 0 Å². The minimum Gasteiger partial charge on any atom is -0.462 e. The van der Waals surface area contributed by atoms with Gasteiger partial charge in [-0.3, -0.25) is 9.59 Å². The summed E-state index contributed by atoms with van der Waals surface area (Å²) in [6.45, 7) is 3.19. The van der Waals surface area contributed by atoms with Crippen molar-refractivity contribution in [1.82, 2.24) is 0 Å². The molecule has 6 atom stereocenters. The molecule has 0 aromatic heterocycles. The zero-order valence-electron chi connectivity index (χ0n) is 24.6. The van der Waals surface area contributed by atoms with Gasteiger partial charge in [-0.2, -0.15) is 0 Å². The van der Waals surface area contributed by atoms with Crippen LogP contribution in [0.1, 0.15) is 110 Å². The largest absolute Gasteiger partial charge is 0.462 e. The lowest BCUT2D eigenvalue weighted by molar-refractivity contribution is -0.305. The van der Waals surface area contributed by atoms with Gasteiger partial charge in [0.25, 0.3) is 0 Å². The van der Waals surface area contributed by atoms with Crippen molar-refractivity contribution in [2.45, 2.75) is 147 Å². The summed E-state index contributed by atoms with van der Waals surface area (Å²) < 4.78 is 21.7. The summed E-state index contributed by atoms with van der Waals surface area (Å²) >= 11 is 0. The lowest BCUT2D eigenvalue weighted by Crippen LogP contribution is -2.59. The highest BCUT2D eigenvalue weighted by atomic mass is 16.7. The van der Waals surface area contributed by atoms with E-state index in [1.165, 1.54) is 12.8 Å². The maximum atomic E-state index is 12.5. The molecule has 4 N–H and O–H groups in total. The summed E-state index contributed by atoms with van der Waals surface area (Å²) in [5.41, 5.74) is 0. The molecule has 1 aliphatic rings. The second-order valence-corrected chi connectivity index (χ2v) is 10.6. The van der Waals surface area contributed by atoms with Gasteiger partial charge in [0.15, 0.2) is 12.4 Å². The lowest BCUT2D eigenvalue weighted by atomic mass is 9.99. The molecule has 1 heterocycles. The van der Waals surface area contributed by atoms with Crippen LogP contribution in [0.25, 0.3) is 0 Å². The molecule has 1 rings (SSSR count). The fourth-order valence-electron chi connectivity index (χ4n) is 4.34. The minimum absolute atomic E-state index is 0.221. The average Bonchev–Trinajstić information content (AvgIpc) is 2.95. The maximum Gasteiger partial charge on any atom is 0.306 e. The SMILES string of the molecule is CCCC/C=C\CCCCCCCC(=O)OC(COC(=O)CCCCCC)COC1OC(CO)C(O)C(O)C1O. The number of rotatable bonds is 23. The highest BCUT2D eigenvalue weighted by molar-refractivity contribution is 5.70. The van der Waals surface area contributed by atoms with Gasteiger partial charge in [-0.1, -0.05) is 77.4 Å². The Balaban J connectivity index is 2.48. The number of aliphatic hydroxyl groups excluding tert-OH is 4. The first-order valence-electron chi connectivity index (χ1n) is 15.3. The molecule has 1 aliphatic heterocycles. The third-order valence-electron chi connectivity index (χ3n) is 6.90. The minimum atomic E-state index is -1.59. The van der Waals surface area contributed by atoms with E-state index < -0.39 is 55.4 Å². The predicted octanol–water partition coefficient (Wildman–Crippen LogP) is 3.71. The van der Waals surface area contributed by atoms with Crippen LogP contribution >= 0.6 is 0 Å². The van der Waals surface area contributed by atoms with Crippen LogP contribution in [0.2, 0.25) is 0 Å². The molecule has 40 heavy (non-hydrogen) atoms. The number of hydrogen-bond acceptors (Lipinski definition) is 10. The van der Waals surface area contributed by atoms with Gasteiger partial charge in [0.05, 0.1) is 13.2 Å². The third kappa shape index (κ3) is 16.0. The van der Waals surface area contributed by atoms with Gasteiger partial charge in [0.2, 0.25) is 0 Å². The fraction of sp³-hybridized carbons (Fsp3) is 0.867. The quantitative estimate of drug-likeness (QED) is 0.0807. The van der Waals surface area contributed by atoms with E-state index in [0.717, 1.165) is 57.8 Å². The second kappa shape index (κ2) is 23.1. The molecule has 10 nitrogen and oxygen atoms in total. The molecule has 0 aromatic rings. The Morgan fingerprint density at radius 3 is 2.02 bits per heavy atom. The summed E-state index contributed by atoms with van der Waals surface area (Å²) in [5.74, 6) is -0.842. The van der Waals surface area contributed by atoms with E-state index in [2.05, 4.69) is 26.0 Å². The van der Waals surface area contributed by atoms with E-state index in [1.807, 2.05) is 0 Å². The molecule has 0 bridgehead atoms. The summed E-state index contributed by atoms with van der Waals surface area (Å²) in [6, 6.07) is 0. The van der Waals surface area contributed by atoms with Crippen molar-refractivity contribution in [3.63, 3.8) is 0 Å². The molecule has 6 unspecified atom stereocenters. The second-order valence-electron chi connectivity index (χ2n) is 10.6. The van der Waals surface area contributed by atoms with Gasteiger partial charge < -0.3 is 39.4 Å². The first-order valence-corrected chi connectivity index (χ1v) is 15.3. The molecule has 0 saturated carbocycles. The van der Waals surface area contributed by atoms with Crippen LogP contribution in [0.4, 0.5) is 0 Å². The van der Waals surface area contributed by atoms with Crippen LogP contribution in [-0.4, -0.2) is 89.0 Å². The first kappa shape index (κ1) is 36.5. The van der Waals surface area contributed by atoms with Crippen molar-refractivity contribution >= 4 is 11.9 Å². The summed E-state index contributed by atoms with van der Waals surface area (Å²) in [4.78, 5) is 24.6. The van der Waals surface area contributed by atoms with Gasteiger partial charge in [-0.15, -0.1) is 0 Å². The highest BCUT2D eigenvalue weighted by Crippen LogP contribution is 2.22. The Bertz CT molecular complexity index is 683. The number of aliphatic hydroxyl groups is 4. The Morgan fingerprint density at radius 1 is 0.750 bits per heavy atom. The molecule has 1 saturated heterocycles. The molecule has 234 valence electrons. The summed E-state index contributed by atoms with van der Waals surface area (Å²) in [7, 11) is 0. The standard InChI is InChI=1S/C30H54O10/c1-3-5-7-9-10-11-12-13-14-15-17-19-26(33)39-23(21-37-25(32)18-16-8-6-4-2)22-38-30-29(36)28(35)27(34)24(20-31)40-30/h9-10,23-24,27-31,34-36H,3-8,11-22H2,1-2H3/b10-9-. The van der Waals surface area contributed by atoms with Gasteiger partial charge >= 0.3 is 11.9 Å². The van der Waals surface area contributed by atoms with Gasteiger partial charge in [-0.25, -0.2) is 0 Å². The number of esters is 2. The molecular formula is C30H54O10. The Morgan fingerprint density at radius 2 is 1.35 bits per heavy atom. The number of carbonyl (C=O) groups is 2. The number of allylic oxidation sites excluding steroid dienone is 2. The molecular weight excluding hydrogens is 520 g/mol. The van der Waals surface area contributed by atoms with E-state index in [4.69, 9.17) is 18.9 Å². The molecule has 0 spiro atoms. The first-order chi connectivity index (χ1) is 19.3. The van der Waals surface area contributed by atoms with Crippen LogP contribution < -0.4 is 0 Å². The molecule has 0 radical (unpaired) electrons. The van der Waals surface area contributed by atoms with Crippen molar-refractivity contribution in [3.05, 3.63) is 12.2 Å². The highest BCUT2D eigenvalue weighted by Gasteiger charge is 2.44. The van der Waals surface area contributed by atoms with Crippen LogP contribution in [-0.2, 0) is 28.5 Å². The van der Waals surface area contributed by atoms with Gasteiger partial charge in [-0.05, 0) is 32.1 Å². The van der Waals surface area contributed by atoms with E-state index in [9.17, 15) is 30.0 Å². The molecule has 10 heteroatoms. The lowest BCUT2D eigenvalue weighted by Gasteiger charge is -2.39. The van der Waals surface area contributed by atoms with E-state index >= 15 is 0 Å². The monoisotopic (exact) mass is 574 g/mol. The zero-order valence-corrected chi connectivity index (χ0v) is 24.6. The molecule has 0 aromatic carbocycles. The van der Waals surface area contributed by atoms with Gasteiger partial charge in [0.1, 0.15) is 31.0 Å². The molecule has 0 amide bonds. The zero-order chi connectivity index (χ0) is 29.6. The summed E-state index contributed by atoms with van der Waals surface area (Å²) in [6.07, 6.45) is 10.1. The number of carbonyl (C=O) groups excluding carboxylic acids is 2. The topological polar surface area (TPSA) is 152 Å². The fourth-order valence-corrected chi connectivity index (χ4v) is 4.34. The van der Waals surface area contributed by atoms with E-state index in [1.54, 1.807) is 0 Å². The molecule has 1 fully saturated rings. The number of hydrogen-bond donors (Lipinski definition) is 4. The van der Waals surface area contributed by atoms with E-state index in [0.29, 0.717) is 12.8 Å². The third-order valence-corrected chi connectivity index (χ3v) is 6.90. The van der Waals surface area contributed by atoms with Crippen molar-refractivity contribution in [1.29, 1.82) is 0 Å². The molecule has 0 aliphatic carbocycles. The Kier molecular flexibility index (Phi) is 21.0. The van der Waals surface area contributed by atoms with Crippen molar-refractivity contribution in [2.24, 2.45) is 0 Å². The van der Waals surface area contributed by atoms with Gasteiger partial charge in [0, 0.05) is 12.8 Å². The smallest absolute Gasteiger partial charge is 0.306 e. The summed E-state index contributed by atoms with van der Waals surface area (Å²) in [5, 5.41) is 39.5. The van der Waals surface area contributed by atoms with E-state index in [-0.39, 0.29) is 26.1 Å². The normalized spacial score (nSPS) is 23.8. The van der Waals surface area contributed by atoms with Crippen LogP contribution in [0.15, 0.2) is 12.2 Å². The predicted molar refractivity (Wildman–Crippen MR) is 150 cm³/mol. The number of ether oxygens (including phenoxy) is 4. The van der Waals surface area contributed by atoms with Crippen molar-refractivity contribution in [3.8, 4) is 0 Å². The number of unbranched alkanes of at least 4 members (excludes halogenated alkanes) is 10. The Hall–Kier alpha value is -1.56. The average molecular weight is 575 g/mol. The van der Waals surface area contributed by atoms with Crippen molar-refractivity contribution in [2.75, 3.05) is 19.8 Å². The maximum absolute atomic E-state index is 12.5. The van der Waals surface area contributed by atoms with Crippen LogP contribution in [0, 0.1) is 0 Å².